The van der Waals surface area contributed by atoms with Gasteiger partial charge in [0.1, 0.15) is 5.75 Å². The second kappa shape index (κ2) is 13.1. The lowest BCUT2D eigenvalue weighted by Gasteiger charge is -2.34. The average molecular weight is 594 g/mol. The van der Waals surface area contributed by atoms with Crippen LogP contribution in [0.25, 0.3) is 0 Å². The molecule has 0 saturated carbocycles. The second-order valence-corrected chi connectivity index (χ2v) is 15.5. The summed E-state index contributed by atoms with van der Waals surface area (Å²) in [6.07, 6.45) is 0. The molecule has 0 fully saturated rings. The van der Waals surface area contributed by atoms with E-state index in [0.29, 0.717) is 37.1 Å². The molecule has 0 bridgehead atoms. The number of rotatable bonds is 12. The van der Waals surface area contributed by atoms with Gasteiger partial charge < -0.3 is 4.52 Å². The lowest BCUT2D eigenvalue weighted by molar-refractivity contribution is 0.272. The molecule has 1 heterocycles. The Morgan fingerprint density at radius 3 is 1.69 bits per heavy atom. The van der Waals surface area contributed by atoms with Crippen LogP contribution in [0.4, 0.5) is 0 Å². The summed E-state index contributed by atoms with van der Waals surface area (Å²) in [5, 5.41) is 0. The molecule has 3 unspecified atom stereocenters. The van der Waals surface area contributed by atoms with Gasteiger partial charge in [-0.1, -0.05) is 54.6 Å². The number of nitrogens with one attached hydrogen (secondary N) is 2. The van der Waals surface area contributed by atoms with E-state index in [1.807, 2.05) is 114 Å². The summed E-state index contributed by atoms with van der Waals surface area (Å²) < 4.78 is 44.3. The number of nitrogens with zero attached hydrogens (tertiary/aromatic N) is 1. The molecule has 4 rings (SSSR count). The SMILES string of the molecule is CCOP1(Oc2ccccc2C)=N[P+](OCC)(Oc2ccccc2C)N[P+](OCC)(Oc2ccccc2C)N1. The van der Waals surface area contributed by atoms with Crippen LogP contribution in [0, 0.1) is 20.8 Å². The number of hydrogen-bond donors (Lipinski definition) is 2. The fourth-order valence-corrected chi connectivity index (χ4v) is 14.3. The Hall–Kier alpha value is -2.05. The minimum absolute atomic E-state index is 0.323. The zero-order valence-electron chi connectivity index (χ0n) is 23.3. The predicted molar refractivity (Wildman–Crippen MR) is 160 cm³/mol. The largest absolute Gasteiger partial charge is 0.571 e. The van der Waals surface area contributed by atoms with Crippen LogP contribution in [-0.2, 0) is 13.6 Å². The van der Waals surface area contributed by atoms with E-state index < -0.39 is 23.7 Å². The van der Waals surface area contributed by atoms with Crippen LogP contribution in [-0.4, -0.2) is 19.8 Å². The van der Waals surface area contributed by atoms with Crippen molar-refractivity contribution in [3.63, 3.8) is 0 Å². The van der Waals surface area contributed by atoms with Crippen LogP contribution in [0.3, 0.4) is 0 Å². The highest BCUT2D eigenvalue weighted by molar-refractivity contribution is 7.88. The van der Waals surface area contributed by atoms with E-state index in [9.17, 15) is 0 Å². The monoisotopic (exact) mass is 593 g/mol. The molecule has 3 aromatic rings. The van der Waals surface area contributed by atoms with E-state index in [-0.39, 0.29) is 0 Å². The highest BCUT2D eigenvalue weighted by atomic mass is 31.3. The van der Waals surface area contributed by atoms with Crippen molar-refractivity contribution >= 4 is 23.7 Å². The van der Waals surface area contributed by atoms with Crippen molar-refractivity contribution in [3.8, 4) is 17.2 Å². The Morgan fingerprint density at radius 1 is 0.667 bits per heavy atom. The lowest BCUT2D eigenvalue weighted by Crippen LogP contribution is -2.38. The summed E-state index contributed by atoms with van der Waals surface area (Å²) in [4.78, 5) is 6.94. The summed E-state index contributed by atoms with van der Waals surface area (Å²) in [5.41, 5.74) is 2.82. The Bertz CT molecular complexity index is 1330. The van der Waals surface area contributed by atoms with E-state index in [1.165, 1.54) is 0 Å². The molecular weight excluding hydrogens is 555 g/mol. The molecule has 0 aromatic heterocycles. The van der Waals surface area contributed by atoms with E-state index in [4.69, 9.17) is 31.7 Å². The molecular formula is C27H38N3O6P3+2. The molecule has 12 heteroatoms. The molecule has 0 spiro atoms. The van der Waals surface area contributed by atoms with Crippen molar-refractivity contribution in [2.45, 2.75) is 41.5 Å². The van der Waals surface area contributed by atoms with E-state index in [0.717, 1.165) is 16.7 Å². The standard InChI is InChI=1S/C27H38N3O6P3/c1-7-31-37(34-25-19-13-10-16-22(25)4)28-38(32-8-2,35-26-20-14-11-17-23(26)5)30-39(29-37,33-9-3)36-27-21-15-12-18-24(27)6/h10-21,28-29H,7-9H2,1-6H3/q+2. The lowest BCUT2D eigenvalue weighted by atomic mass is 10.2. The second-order valence-electron chi connectivity index (χ2n) is 8.71. The Labute approximate surface area is 233 Å². The predicted octanol–water partition coefficient (Wildman–Crippen LogP) is 8.75. The molecule has 0 amide bonds. The van der Waals surface area contributed by atoms with Crippen molar-refractivity contribution in [1.29, 1.82) is 0 Å². The fourth-order valence-electron chi connectivity index (χ4n) is 3.83. The quantitative estimate of drug-likeness (QED) is 0.202. The van der Waals surface area contributed by atoms with Crippen molar-refractivity contribution in [2.75, 3.05) is 19.8 Å². The normalized spacial score (nSPS) is 24.6. The molecule has 0 radical (unpaired) electrons. The van der Waals surface area contributed by atoms with Gasteiger partial charge in [-0.25, -0.2) is 0 Å². The molecule has 39 heavy (non-hydrogen) atoms. The van der Waals surface area contributed by atoms with Gasteiger partial charge in [-0.15, -0.1) is 0 Å². The number of para-hydroxylation sites is 3. The average Bonchev–Trinajstić information content (AvgIpc) is 2.88. The summed E-state index contributed by atoms with van der Waals surface area (Å²) in [5.74, 6) is 1.92. The molecule has 0 aliphatic carbocycles. The Balaban J connectivity index is 1.93. The van der Waals surface area contributed by atoms with Crippen molar-refractivity contribution in [3.05, 3.63) is 89.5 Å². The molecule has 1 aliphatic heterocycles. The van der Waals surface area contributed by atoms with Gasteiger partial charge in [-0.2, -0.15) is 9.05 Å². The van der Waals surface area contributed by atoms with E-state index >= 15 is 0 Å². The van der Waals surface area contributed by atoms with E-state index in [2.05, 4.69) is 9.72 Å². The molecule has 2 N–H and O–H groups in total. The summed E-state index contributed by atoms with van der Waals surface area (Å²) in [6, 6.07) is 23.2. The smallest absolute Gasteiger partial charge is 0.423 e. The summed E-state index contributed by atoms with van der Waals surface area (Å²) >= 11 is 0. The third-order valence-electron chi connectivity index (χ3n) is 5.62. The van der Waals surface area contributed by atoms with Crippen LogP contribution in [0.1, 0.15) is 37.5 Å². The van der Waals surface area contributed by atoms with Crippen LogP contribution in [0.5, 0.6) is 17.2 Å². The summed E-state index contributed by atoms with van der Waals surface area (Å²) in [6.45, 7) is 12.6. The molecule has 3 aromatic carbocycles. The fraction of sp³-hybridized carbons (Fsp3) is 0.333. The maximum absolute atomic E-state index is 6.70. The van der Waals surface area contributed by atoms with Crippen LogP contribution in [0.2, 0.25) is 0 Å². The van der Waals surface area contributed by atoms with Gasteiger partial charge in [0.2, 0.25) is 0 Å². The van der Waals surface area contributed by atoms with Gasteiger partial charge in [0, 0.05) is 4.52 Å². The van der Waals surface area contributed by atoms with Gasteiger partial charge in [0.05, 0.1) is 24.7 Å². The minimum atomic E-state index is -3.33. The first-order chi connectivity index (χ1) is 18.8. The van der Waals surface area contributed by atoms with Gasteiger partial charge in [-0.05, 0) is 81.3 Å². The first-order valence-electron chi connectivity index (χ1n) is 13.0. The van der Waals surface area contributed by atoms with Gasteiger partial charge in [-0.3, -0.25) is 13.6 Å². The summed E-state index contributed by atoms with van der Waals surface area (Å²) in [7, 11) is -9.91. The van der Waals surface area contributed by atoms with Crippen molar-refractivity contribution < 1.29 is 27.1 Å². The maximum atomic E-state index is 6.70. The van der Waals surface area contributed by atoms with Crippen LogP contribution in [0.15, 0.2) is 77.3 Å². The minimum Gasteiger partial charge on any atom is -0.423 e. The highest BCUT2D eigenvalue weighted by Gasteiger charge is 2.72. The van der Waals surface area contributed by atoms with Gasteiger partial charge >= 0.3 is 23.7 Å². The van der Waals surface area contributed by atoms with E-state index in [1.54, 1.807) is 0 Å². The molecule has 3 atom stereocenters. The number of aryl methyl sites for hydroxylation is 3. The zero-order valence-corrected chi connectivity index (χ0v) is 26.0. The first-order valence-corrected chi connectivity index (χ1v) is 17.8. The highest BCUT2D eigenvalue weighted by Crippen LogP contribution is 2.81. The maximum Gasteiger partial charge on any atom is 0.571 e. The van der Waals surface area contributed by atoms with Crippen LogP contribution < -0.4 is 23.3 Å². The third-order valence-corrected chi connectivity index (χ3v) is 14.8. The first kappa shape index (κ1) is 29.9. The molecule has 1 aliphatic rings. The number of hydrogen-bond acceptors (Lipinski definition) is 9. The molecule has 0 saturated heterocycles. The van der Waals surface area contributed by atoms with Gasteiger partial charge in [0.15, 0.2) is 11.5 Å². The van der Waals surface area contributed by atoms with Gasteiger partial charge in [0.25, 0.3) is 0 Å². The third kappa shape index (κ3) is 7.18. The zero-order chi connectivity index (χ0) is 27.9. The Morgan fingerprint density at radius 2 is 1.18 bits per heavy atom. The van der Waals surface area contributed by atoms with Crippen LogP contribution >= 0.6 is 23.7 Å². The molecule has 9 nitrogen and oxygen atoms in total. The van der Waals surface area contributed by atoms with Crippen molar-refractivity contribution in [1.82, 2.24) is 9.72 Å². The topological polar surface area (TPSA) is 91.8 Å². The number of benzene rings is 3. The Kier molecular flexibility index (Phi) is 10.0. The molecule has 210 valence electrons. The van der Waals surface area contributed by atoms with Crippen molar-refractivity contribution in [2.24, 2.45) is 4.52 Å².